The highest BCUT2D eigenvalue weighted by Gasteiger charge is 2.36. The Kier molecular flexibility index (Phi) is 5.65. The van der Waals surface area contributed by atoms with Crippen LogP contribution in [-0.2, 0) is 11.3 Å². The van der Waals surface area contributed by atoms with E-state index in [0.29, 0.717) is 28.8 Å². The van der Waals surface area contributed by atoms with Crippen molar-refractivity contribution in [3.63, 3.8) is 0 Å². The number of pyridine rings is 1. The van der Waals surface area contributed by atoms with Crippen molar-refractivity contribution in [2.45, 2.75) is 18.9 Å². The molecule has 0 aliphatic carbocycles. The summed E-state index contributed by atoms with van der Waals surface area (Å²) in [5.74, 6) is 1.34. The van der Waals surface area contributed by atoms with E-state index in [4.69, 9.17) is 11.6 Å². The van der Waals surface area contributed by atoms with Crippen molar-refractivity contribution in [2.24, 2.45) is 5.92 Å². The molecule has 1 amide bonds. The summed E-state index contributed by atoms with van der Waals surface area (Å²) in [5, 5.41) is 0.697. The molecule has 0 radical (unpaired) electrons. The minimum absolute atomic E-state index is 0.0568. The second-order valence-corrected chi connectivity index (χ2v) is 8.85. The molecule has 1 aromatic carbocycles. The summed E-state index contributed by atoms with van der Waals surface area (Å²) in [5.41, 5.74) is 2.81. The predicted molar refractivity (Wildman–Crippen MR) is 117 cm³/mol. The van der Waals surface area contributed by atoms with Crippen molar-refractivity contribution in [1.29, 1.82) is 0 Å². The highest BCUT2D eigenvalue weighted by atomic mass is 35.5. The van der Waals surface area contributed by atoms with E-state index in [1.807, 2.05) is 58.2 Å². The Balaban J connectivity index is 1.58. The fourth-order valence-electron chi connectivity index (χ4n) is 4.27. The molecule has 4 nitrogen and oxygen atoms in total. The summed E-state index contributed by atoms with van der Waals surface area (Å²) in [6.07, 6.45) is 6.82. The topological polar surface area (TPSA) is 42.3 Å². The average molecular weight is 415 g/mol. The summed E-state index contributed by atoms with van der Waals surface area (Å²) in [6, 6.07) is 11.5. The lowest BCUT2D eigenvalue weighted by Gasteiger charge is -2.42. The quantitative estimate of drug-likeness (QED) is 0.759. The van der Waals surface area contributed by atoms with Crippen LogP contribution in [0.3, 0.4) is 0 Å². The lowest BCUT2D eigenvalue weighted by molar-refractivity contribution is -0.131. The van der Waals surface area contributed by atoms with Crippen molar-refractivity contribution in [3.8, 4) is 0 Å². The van der Waals surface area contributed by atoms with Gasteiger partial charge in [-0.2, -0.15) is 11.8 Å². The van der Waals surface area contributed by atoms with E-state index in [1.165, 1.54) is 0 Å². The van der Waals surface area contributed by atoms with Crippen LogP contribution in [-0.4, -0.2) is 40.5 Å². The monoisotopic (exact) mass is 414 g/mol. The van der Waals surface area contributed by atoms with Gasteiger partial charge in [-0.1, -0.05) is 29.8 Å². The van der Waals surface area contributed by atoms with Crippen molar-refractivity contribution >= 4 is 41.4 Å². The Morgan fingerprint density at radius 3 is 2.68 bits per heavy atom. The number of amides is 1. The first kappa shape index (κ1) is 19.3. The number of carbonyl (C=O) groups is 1. The number of fused-ring (bicyclic) bond motifs is 4. The molecule has 2 atom stereocenters. The Bertz CT molecular complexity index is 967. The normalized spacial score (nSPS) is 21.0. The second kappa shape index (κ2) is 8.18. The maximum Gasteiger partial charge on any atom is 0.258 e. The standard InChI is InChI=1S/C22H23ClN2O2S/c1-28-14-21(26)24-11-16-10-18(13-24)20-9-6-17(22(27)25(20)12-16)5-2-15-3-7-19(23)8-4-15/h2-9,16,18H,10-14H2,1H3/b5-2+/t16-,18+/m0/s1. The zero-order valence-electron chi connectivity index (χ0n) is 15.8. The Labute approximate surface area is 174 Å². The molecule has 3 heterocycles. The van der Waals surface area contributed by atoms with E-state index in [1.54, 1.807) is 11.8 Å². The van der Waals surface area contributed by atoms with Crippen LogP contribution in [0.15, 0.2) is 41.2 Å². The molecule has 6 heteroatoms. The SMILES string of the molecule is CSCC(=O)N1C[C@@H]2C[C@H](C1)c1ccc(/C=C/c3ccc(Cl)cc3)c(=O)n1C2. The highest BCUT2D eigenvalue weighted by molar-refractivity contribution is 7.99. The van der Waals surface area contributed by atoms with Crippen molar-refractivity contribution in [1.82, 2.24) is 9.47 Å². The zero-order chi connectivity index (χ0) is 19.7. The molecule has 28 heavy (non-hydrogen) atoms. The minimum atomic E-state index is 0.0568. The van der Waals surface area contributed by atoms with Gasteiger partial charge in [0, 0.05) is 41.8 Å². The van der Waals surface area contributed by atoms with Gasteiger partial charge in [-0.3, -0.25) is 9.59 Å². The largest absolute Gasteiger partial charge is 0.341 e. The molecule has 2 aromatic rings. The van der Waals surface area contributed by atoms with E-state index in [2.05, 4.69) is 6.07 Å². The molecule has 0 N–H and O–H groups in total. The number of rotatable bonds is 4. The van der Waals surface area contributed by atoms with Crippen LogP contribution in [0.5, 0.6) is 0 Å². The second-order valence-electron chi connectivity index (χ2n) is 7.54. The number of hydrogen-bond donors (Lipinski definition) is 0. The molecule has 1 fully saturated rings. The smallest absolute Gasteiger partial charge is 0.258 e. The molecule has 2 aliphatic rings. The summed E-state index contributed by atoms with van der Waals surface area (Å²) in [6.45, 7) is 2.16. The minimum Gasteiger partial charge on any atom is -0.341 e. The summed E-state index contributed by atoms with van der Waals surface area (Å²) < 4.78 is 1.93. The number of piperidine rings is 1. The molecule has 2 bridgehead atoms. The number of carbonyl (C=O) groups excluding carboxylic acids is 1. The van der Waals surface area contributed by atoms with E-state index in [0.717, 1.165) is 30.8 Å². The van der Waals surface area contributed by atoms with Crippen LogP contribution in [0.1, 0.15) is 29.2 Å². The predicted octanol–water partition coefficient (Wildman–Crippen LogP) is 3.98. The van der Waals surface area contributed by atoms with Crippen LogP contribution < -0.4 is 5.56 Å². The highest BCUT2D eigenvalue weighted by Crippen LogP contribution is 2.35. The number of thioether (sulfide) groups is 1. The van der Waals surface area contributed by atoms with E-state index in [9.17, 15) is 9.59 Å². The third-order valence-electron chi connectivity index (χ3n) is 5.58. The number of likely N-dealkylation sites (tertiary alicyclic amines) is 1. The molecule has 0 spiro atoms. The van der Waals surface area contributed by atoms with Gasteiger partial charge < -0.3 is 9.47 Å². The molecule has 0 unspecified atom stereocenters. The Morgan fingerprint density at radius 1 is 1.14 bits per heavy atom. The molecule has 1 aromatic heterocycles. The van der Waals surface area contributed by atoms with Gasteiger partial charge >= 0.3 is 0 Å². The van der Waals surface area contributed by atoms with Crippen molar-refractivity contribution in [3.05, 3.63) is 68.6 Å². The summed E-state index contributed by atoms with van der Waals surface area (Å²) >= 11 is 7.49. The molecule has 0 saturated carbocycles. The third kappa shape index (κ3) is 3.91. The van der Waals surface area contributed by atoms with Crippen LogP contribution in [0.25, 0.3) is 12.2 Å². The van der Waals surface area contributed by atoms with Crippen LogP contribution in [0, 0.1) is 5.92 Å². The van der Waals surface area contributed by atoms with E-state index < -0.39 is 0 Å². The van der Waals surface area contributed by atoms with Gasteiger partial charge in [0.2, 0.25) is 5.91 Å². The average Bonchev–Trinajstić information content (AvgIpc) is 2.69. The molecule has 4 rings (SSSR count). The van der Waals surface area contributed by atoms with Gasteiger partial charge in [0.05, 0.1) is 5.75 Å². The van der Waals surface area contributed by atoms with Gasteiger partial charge in [-0.15, -0.1) is 0 Å². The van der Waals surface area contributed by atoms with Gasteiger partial charge in [-0.25, -0.2) is 0 Å². The number of benzene rings is 1. The van der Waals surface area contributed by atoms with E-state index in [-0.39, 0.29) is 17.4 Å². The maximum atomic E-state index is 13.0. The number of nitrogens with zero attached hydrogens (tertiary/aromatic N) is 2. The number of aromatic nitrogens is 1. The van der Waals surface area contributed by atoms with Gasteiger partial charge in [0.15, 0.2) is 0 Å². The number of hydrogen-bond acceptors (Lipinski definition) is 3. The fourth-order valence-corrected chi connectivity index (χ4v) is 4.82. The first-order valence-corrected chi connectivity index (χ1v) is 11.3. The van der Waals surface area contributed by atoms with Crippen molar-refractivity contribution in [2.75, 3.05) is 25.1 Å². The van der Waals surface area contributed by atoms with Gasteiger partial charge in [0.25, 0.3) is 5.56 Å². The molecule has 2 aliphatic heterocycles. The van der Waals surface area contributed by atoms with Gasteiger partial charge in [-0.05, 0) is 54.5 Å². The van der Waals surface area contributed by atoms with Crippen LogP contribution in [0.4, 0.5) is 0 Å². The van der Waals surface area contributed by atoms with Crippen LogP contribution in [0.2, 0.25) is 5.02 Å². The van der Waals surface area contributed by atoms with Gasteiger partial charge in [0.1, 0.15) is 0 Å². The van der Waals surface area contributed by atoms with Crippen LogP contribution >= 0.6 is 23.4 Å². The first-order valence-electron chi connectivity index (χ1n) is 9.49. The van der Waals surface area contributed by atoms with Crippen molar-refractivity contribution < 1.29 is 4.79 Å². The fraction of sp³-hybridized carbons (Fsp3) is 0.364. The lowest BCUT2D eigenvalue weighted by atomic mass is 9.83. The number of halogens is 1. The summed E-state index contributed by atoms with van der Waals surface area (Å²) in [7, 11) is 0. The lowest BCUT2D eigenvalue weighted by Crippen LogP contribution is -2.49. The third-order valence-corrected chi connectivity index (χ3v) is 6.37. The molecular weight excluding hydrogens is 392 g/mol. The zero-order valence-corrected chi connectivity index (χ0v) is 17.4. The molecule has 146 valence electrons. The Hall–Kier alpha value is -1.98. The van der Waals surface area contributed by atoms with E-state index >= 15 is 0 Å². The Morgan fingerprint density at radius 2 is 1.93 bits per heavy atom. The molecular formula is C22H23ClN2O2S. The first-order chi connectivity index (χ1) is 13.5. The maximum absolute atomic E-state index is 13.0. The summed E-state index contributed by atoms with van der Waals surface area (Å²) in [4.78, 5) is 27.4. The molecule has 1 saturated heterocycles.